The summed E-state index contributed by atoms with van der Waals surface area (Å²) in [6.45, 7) is 8.68. The monoisotopic (exact) mass is 248 g/mol. The topological polar surface area (TPSA) is 60.6 Å². The third-order valence-corrected chi connectivity index (χ3v) is 2.77. The number of nitrogens with one attached hydrogen (secondary N) is 1. The molecule has 0 spiro atoms. The molecule has 2 aromatic heterocycles. The molecule has 0 unspecified atom stereocenters. The van der Waals surface area contributed by atoms with Crippen LogP contribution in [0.1, 0.15) is 25.4 Å². The van der Waals surface area contributed by atoms with Gasteiger partial charge in [0, 0.05) is 37.7 Å². The van der Waals surface area contributed by atoms with E-state index in [0.29, 0.717) is 6.04 Å². The molecule has 2 rings (SSSR count). The molecule has 0 saturated heterocycles. The van der Waals surface area contributed by atoms with Gasteiger partial charge in [0.1, 0.15) is 5.82 Å². The average molecular weight is 248 g/mol. The van der Waals surface area contributed by atoms with Gasteiger partial charge in [0.15, 0.2) is 0 Å². The van der Waals surface area contributed by atoms with Crippen LogP contribution >= 0.6 is 0 Å². The van der Waals surface area contributed by atoms with E-state index in [-0.39, 0.29) is 0 Å². The lowest BCUT2D eigenvalue weighted by molar-refractivity contribution is 0.513. The lowest BCUT2D eigenvalue weighted by Crippen LogP contribution is -2.21. The van der Waals surface area contributed by atoms with Gasteiger partial charge in [-0.1, -0.05) is 19.1 Å². The van der Waals surface area contributed by atoms with E-state index in [1.54, 1.807) is 0 Å². The number of hydrogen-bond donors (Lipinski definition) is 1. The molecule has 0 bridgehead atoms. The van der Waals surface area contributed by atoms with Gasteiger partial charge in [-0.05, 0) is 6.92 Å². The number of aromatic nitrogens is 5. The van der Waals surface area contributed by atoms with Crippen molar-refractivity contribution in [1.82, 2.24) is 29.9 Å². The van der Waals surface area contributed by atoms with Crippen LogP contribution in [0.4, 0.5) is 0 Å². The molecule has 0 aliphatic carbocycles. The highest BCUT2D eigenvalue weighted by Gasteiger charge is 2.02. The quantitative estimate of drug-likeness (QED) is 0.828. The van der Waals surface area contributed by atoms with Gasteiger partial charge in [0.05, 0.1) is 12.2 Å². The minimum atomic E-state index is 0.462. The molecule has 0 fully saturated rings. The first kappa shape index (κ1) is 12.8. The van der Waals surface area contributed by atoms with Crippen molar-refractivity contribution < 1.29 is 0 Å². The Balaban J connectivity index is 1.85. The number of rotatable bonds is 6. The maximum Gasteiger partial charge on any atom is 0.105 e. The van der Waals surface area contributed by atoms with E-state index >= 15 is 0 Å². The van der Waals surface area contributed by atoms with E-state index < -0.39 is 0 Å². The second-order valence-corrected chi connectivity index (χ2v) is 4.68. The highest BCUT2D eigenvalue weighted by Crippen LogP contribution is 1.98. The SMILES string of the molecule is Cc1nccn1CCn1cc(CNC(C)C)nn1. The Labute approximate surface area is 107 Å². The lowest BCUT2D eigenvalue weighted by Gasteiger charge is -2.05. The number of aryl methyl sites for hydroxylation is 3. The maximum absolute atomic E-state index is 4.19. The van der Waals surface area contributed by atoms with Crippen molar-refractivity contribution >= 4 is 0 Å². The van der Waals surface area contributed by atoms with E-state index in [2.05, 4.69) is 39.0 Å². The second-order valence-electron chi connectivity index (χ2n) is 4.68. The highest BCUT2D eigenvalue weighted by molar-refractivity contribution is 4.92. The van der Waals surface area contributed by atoms with Crippen molar-refractivity contribution in [3.8, 4) is 0 Å². The standard InChI is InChI=1S/C12H20N6/c1-10(2)14-8-12-9-18(16-15-12)7-6-17-5-4-13-11(17)3/h4-5,9-10,14H,6-8H2,1-3H3. The van der Waals surface area contributed by atoms with E-state index in [1.165, 1.54) is 0 Å². The second kappa shape index (κ2) is 5.77. The third-order valence-electron chi connectivity index (χ3n) is 2.77. The lowest BCUT2D eigenvalue weighted by atomic mass is 10.3. The van der Waals surface area contributed by atoms with Crippen molar-refractivity contribution in [2.45, 2.75) is 46.4 Å². The number of imidazole rings is 1. The average Bonchev–Trinajstić information content (AvgIpc) is 2.93. The van der Waals surface area contributed by atoms with Crippen LogP contribution in [0.2, 0.25) is 0 Å². The zero-order valence-electron chi connectivity index (χ0n) is 11.2. The summed E-state index contributed by atoms with van der Waals surface area (Å²) in [6.07, 6.45) is 5.78. The minimum absolute atomic E-state index is 0.462. The number of hydrogen-bond acceptors (Lipinski definition) is 4. The van der Waals surface area contributed by atoms with Gasteiger partial charge in [0.25, 0.3) is 0 Å². The first-order valence-electron chi connectivity index (χ1n) is 6.25. The molecule has 98 valence electrons. The normalized spacial score (nSPS) is 11.3. The summed E-state index contributed by atoms with van der Waals surface area (Å²) < 4.78 is 3.98. The fourth-order valence-corrected chi connectivity index (χ4v) is 1.69. The molecule has 1 N–H and O–H groups in total. The summed E-state index contributed by atoms with van der Waals surface area (Å²) in [5, 5.41) is 11.6. The van der Waals surface area contributed by atoms with Crippen LogP contribution in [0.25, 0.3) is 0 Å². The Kier molecular flexibility index (Phi) is 4.09. The molecule has 6 nitrogen and oxygen atoms in total. The Bertz CT molecular complexity index is 484. The van der Waals surface area contributed by atoms with Gasteiger partial charge in [-0.3, -0.25) is 4.68 Å². The molecule has 0 amide bonds. The molecule has 2 heterocycles. The van der Waals surface area contributed by atoms with Crippen LogP contribution in [0.15, 0.2) is 18.6 Å². The van der Waals surface area contributed by atoms with Gasteiger partial charge in [-0.2, -0.15) is 0 Å². The molecular formula is C12H20N6. The van der Waals surface area contributed by atoms with Crippen molar-refractivity contribution in [3.63, 3.8) is 0 Å². The van der Waals surface area contributed by atoms with Crippen LogP contribution in [-0.4, -0.2) is 30.6 Å². The fourth-order valence-electron chi connectivity index (χ4n) is 1.69. The minimum Gasteiger partial charge on any atom is -0.333 e. The summed E-state index contributed by atoms with van der Waals surface area (Å²) in [5.41, 5.74) is 0.978. The molecule has 18 heavy (non-hydrogen) atoms. The zero-order chi connectivity index (χ0) is 13.0. The zero-order valence-corrected chi connectivity index (χ0v) is 11.2. The Morgan fingerprint density at radius 1 is 1.33 bits per heavy atom. The van der Waals surface area contributed by atoms with Crippen LogP contribution < -0.4 is 5.32 Å². The van der Waals surface area contributed by atoms with Gasteiger partial charge in [-0.15, -0.1) is 5.10 Å². The molecule has 0 saturated carbocycles. The van der Waals surface area contributed by atoms with Crippen molar-refractivity contribution in [2.24, 2.45) is 0 Å². The predicted molar refractivity (Wildman–Crippen MR) is 69.0 cm³/mol. The molecule has 0 aromatic carbocycles. The smallest absolute Gasteiger partial charge is 0.105 e. The maximum atomic E-state index is 4.19. The first-order valence-corrected chi connectivity index (χ1v) is 6.25. The summed E-state index contributed by atoms with van der Waals surface area (Å²) in [5.74, 6) is 1.02. The van der Waals surface area contributed by atoms with Crippen LogP contribution in [0.3, 0.4) is 0 Å². The van der Waals surface area contributed by atoms with Gasteiger partial charge in [-0.25, -0.2) is 4.98 Å². The van der Waals surface area contributed by atoms with Gasteiger partial charge in [0.2, 0.25) is 0 Å². The van der Waals surface area contributed by atoms with Gasteiger partial charge >= 0.3 is 0 Å². The molecular weight excluding hydrogens is 228 g/mol. The van der Waals surface area contributed by atoms with Crippen LogP contribution in [-0.2, 0) is 19.6 Å². The Morgan fingerprint density at radius 2 is 2.17 bits per heavy atom. The molecule has 0 radical (unpaired) electrons. The van der Waals surface area contributed by atoms with E-state index in [0.717, 1.165) is 31.2 Å². The molecule has 2 aromatic rings. The molecule has 6 heteroatoms. The summed E-state index contributed by atoms with van der Waals surface area (Å²) >= 11 is 0. The third kappa shape index (κ3) is 3.40. The van der Waals surface area contributed by atoms with E-state index in [4.69, 9.17) is 0 Å². The summed E-state index contributed by atoms with van der Waals surface area (Å²) in [7, 11) is 0. The van der Waals surface area contributed by atoms with Crippen molar-refractivity contribution in [3.05, 3.63) is 30.1 Å². The largest absolute Gasteiger partial charge is 0.333 e. The fraction of sp³-hybridized carbons (Fsp3) is 0.583. The van der Waals surface area contributed by atoms with E-state index in [9.17, 15) is 0 Å². The van der Waals surface area contributed by atoms with Crippen molar-refractivity contribution in [2.75, 3.05) is 0 Å². The van der Waals surface area contributed by atoms with Crippen molar-refractivity contribution in [1.29, 1.82) is 0 Å². The van der Waals surface area contributed by atoms with E-state index in [1.807, 2.05) is 30.2 Å². The summed E-state index contributed by atoms with van der Waals surface area (Å²) in [4.78, 5) is 4.19. The summed E-state index contributed by atoms with van der Waals surface area (Å²) in [6, 6.07) is 0.462. The number of nitrogens with zero attached hydrogens (tertiary/aromatic N) is 5. The van der Waals surface area contributed by atoms with Gasteiger partial charge < -0.3 is 9.88 Å². The Morgan fingerprint density at radius 3 is 2.83 bits per heavy atom. The first-order chi connectivity index (χ1) is 8.65. The predicted octanol–water partition coefficient (Wildman–Crippen LogP) is 0.981. The Hall–Kier alpha value is -1.69. The molecule has 0 aliphatic rings. The van der Waals surface area contributed by atoms with Crippen LogP contribution in [0, 0.1) is 6.92 Å². The molecule has 0 atom stereocenters. The van der Waals surface area contributed by atoms with Crippen LogP contribution in [0.5, 0.6) is 0 Å². The highest BCUT2D eigenvalue weighted by atomic mass is 15.4. The molecule has 0 aliphatic heterocycles.